The van der Waals surface area contributed by atoms with E-state index in [0.29, 0.717) is 24.7 Å². The molecule has 1 heterocycles. The third-order valence-electron chi connectivity index (χ3n) is 2.95. The molecule has 0 amide bonds. The SMILES string of the molecule is CCOc1ccc(C(O)c2coc(C)c2)cc1OCC. The van der Waals surface area contributed by atoms with Gasteiger partial charge in [0.15, 0.2) is 11.5 Å². The van der Waals surface area contributed by atoms with Gasteiger partial charge in [0.1, 0.15) is 11.9 Å². The Kier molecular flexibility index (Phi) is 4.69. The first kappa shape index (κ1) is 14.5. The number of hydrogen-bond donors (Lipinski definition) is 1. The first-order valence-electron chi connectivity index (χ1n) is 6.78. The highest BCUT2D eigenvalue weighted by Gasteiger charge is 2.15. The van der Waals surface area contributed by atoms with Crippen LogP contribution in [0.2, 0.25) is 0 Å². The Morgan fingerprint density at radius 3 is 2.35 bits per heavy atom. The fraction of sp³-hybridized carbons (Fsp3) is 0.375. The van der Waals surface area contributed by atoms with Crippen molar-refractivity contribution in [1.29, 1.82) is 0 Å². The van der Waals surface area contributed by atoms with E-state index in [9.17, 15) is 5.11 Å². The van der Waals surface area contributed by atoms with E-state index < -0.39 is 6.10 Å². The molecule has 2 rings (SSSR count). The fourth-order valence-corrected chi connectivity index (χ4v) is 2.04. The first-order chi connectivity index (χ1) is 9.65. The molecule has 1 atom stereocenters. The van der Waals surface area contributed by atoms with Gasteiger partial charge in [-0.3, -0.25) is 0 Å². The molecule has 1 unspecified atom stereocenters. The Labute approximate surface area is 118 Å². The summed E-state index contributed by atoms with van der Waals surface area (Å²) in [4.78, 5) is 0. The van der Waals surface area contributed by atoms with Gasteiger partial charge in [-0.15, -0.1) is 0 Å². The van der Waals surface area contributed by atoms with Gasteiger partial charge < -0.3 is 19.0 Å². The molecule has 4 nitrogen and oxygen atoms in total. The van der Waals surface area contributed by atoms with E-state index in [-0.39, 0.29) is 0 Å². The van der Waals surface area contributed by atoms with E-state index in [1.54, 1.807) is 6.26 Å². The third-order valence-corrected chi connectivity index (χ3v) is 2.95. The summed E-state index contributed by atoms with van der Waals surface area (Å²) in [5.74, 6) is 2.11. The second kappa shape index (κ2) is 6.48. The lowest BCUT2D eigenvalue weighted by Gasteiger charge is -2.14. The molecule has 0 bridgehead atoms. The zero-order valence-corrected chi connectivity index (χ0v) is 12.1. The van der Waals surface area contributed by atoms with E-state index in [1.807, 2.05) is 45.0 Å². The molecule has 0 radical (unpaired) electrons. The van der Waals surface area contributed by atoms with Gasteiger partial charge in [0, 0.05) is 5.56 Å². The van der Waals surface area contributed by atoms with E-state index >= 15 is 0 Å². The molecular weight excluding hydrogens is 256 g/mol. The van der Waals surface area contributed by atoms with Gasteiger partial charge in [-0.1, -0.05) is 6.07 Å². The zero-order valence-electron chi connectivity index (χ0n) is 12.1. The molecule has 2 aromatic rings. The highest BCUT2D eigenvalue weighted by Crippen LogP contribution is 2.33. The summed E-state index contributed by atoms with van der Waals surface area (Å²) in [5.41, 5.74) is 1.48. The van der Waals surface area contributed by atoms with Crippen LogP contribution in [0.15, 0.2) is 34.9 Å². The van der Waals surface area contributed by atoms with Crippen molar-refractivity contribution in [3.8, 4) is 11.5 Å². The topological polar surface area (TPSA) is 51.8 Å². The van der Waals surface area contributed by atoms with Crippen molar-refractivity contribution in [3.63, 3.8) is 0 Å². The Morgan fingerprint density at radius 2 is 1.75 bits per heavy atom. The van der Waals surface area contributed by atoms with Crippen LogP contribution in [-0.2, 0) is 0 Å². The van der Waals surface area contributed by atoms with Crippen molar-refractivity contribution in [3.05, 3.63) is 47.4 Å². The number of aliphatic hydroxyl groups is 1. The van der Waals surface area contributed by atoms with Crippen LogP contribution in [-0.4, -0.2) is 18.3 Å². The highest BCUT2D eigenvalue weighted by atomic mass is 16.5. The third kappa shape index (κ3) is 3.14. The van der Waals surface area contributed by atoms with Gasteiger partial charge in [-0.05, 0) is 44.5 Å². The van der Waals surface area contributed by atoms with Gasteiger partial charge in [-0.25, -0.2) is 0 Å². The molecule has 1 N–H and O–H groups in total. The number of ether oxygens (including phenoxy) is 2. The lowest BCUT2D eigenvalue weighted by molar-refractivity contribution is 0.217. The summed E-state index contributed by atoms with van der Waals surface area (Å²) < 4.78 is 16.3. The Balaban J connectivity index is 2.29. The summed E-state index contributed by atoms with van der Waals surface area (Å²) in [6, 6.07) is 7.28. The fourth-order valence-electron chi connectivity index (χ4n) is 2.04. The van der Waals surface area contributed by atoms with Crippen LogP contribution in [0.3, 0.4) is 0 Å². The van der Waals surface area contributed by atoms with Crippen LogP contribution in [0.1, 0.15) is 36.8 Å². The van der Waals surface area contributed by atoms with E-state index in [0.717, 1.165) is 16.9 Å². The molecule has 1 aromatic carbocycles. The number of rotatable bonds is 6. The quantitative estimate of drug-likeness (QED) is 0.877. The molecule has 0 saturated heterocycles. The van der Waals surface area contributed by atoms with Crippen molar-refractivity contribution in [2.45, 2.75) is 26.9 Å². The van der Waals surface area contributed by atoms with Crippen LogP contribution < -0.4 is 9.47 Å². The molecule has 0 saturated carbocycles. The zero-order chi connectivity index (χ0) is 14.5. The summed E-state index contributed by atoms with van der Waals surface area (Å²) in [6.45, 7) is 6.80. The lowest BCUT2D eigenvalue weighted by Crippen LogP contribution is -2.02. The van der Waals surface area contributed by atoms with Crippen LogP contribution in [0, 0.1) is 6.92 Å². The van der Waals surface area contributed by atoms with Crippen LogP contribution in [0.4, 0.5) is 0 Å². The summed E-state index contributed by atoms with van der Waals surface area (Å²) in [5, 5.41) is 10.4. The summed E-state index contributed by atoms with van der Waals surface area (Å²) in [6.07, 6.45) is 0.832. The predicted octanol–water partition coefficient (Wildman–Crippen LogP) is 3.47. The van der Waals surface area contributed by atoms with E-state index in [1.165, 1.54) is 0 Å². The molecule has 0 aliphatic heterocycles. The van der Waals surface area contributed by atoms with Crippen LogP contribution in [0.25, 0.3) is 0 Å². The van der Waals surface area contributed by atoms with Crippen LogP contribution >= 0.6 is 0 Å². The van der Waals surface area contributed by atoms with Crippen molar-refractivity contribution < 1.29 is 19.0 Å². The maximum atomic E-state index is 10.4. The molecule has 20 heavy (non-hydrogen) atoms. The second-order valence-electron chi connectivity index (χ2n) is 4.47. The normalized spacial score (nSPS) is 12.2. The van der Waals surface area contributed by atoms with Crippen molar-refractivity contribution in [2.24, 2.45) is 0 Å². The molecule has 0 fully saturated rings. The Hall–Kier alpha value is -1.94. The Morgan fingerprint density at radius 1 is 1.05 bits per heavy atom. The second-order valence-corrected chi connectivity index (χ2v) is 4.47. The maximum absolute atomic E-state index is 10.4. The predicted molar refractivity (Wildman–Crippen MR) is 76.3 cm³/mol. The van der Waals surface area contributed by atoms with Gasteiger partial charge in [-0.2, -0.15) is 0 Å². The lowest BCUT2D eigenvalue weighted by atomic mass is 10.0. The largest absolute Gasteiger partial charge is 0.490 e. The number of aryl methyl sites for hydroxylation is 1. The van der Waals surface area contributed by atoms with E-state index in [4.69, 9.17) is 13.9 Å². The molecule has 0 aliphatic rings. The summed E-state index contributed by atoms with van der Waals surface area (Å²) >= 11 is 0. The molecule has 0 spiro atoms. The number of hydrogen-bond acceptors (Lipinski definition) is 4. The van der Waals surface area contributed by atoms with Crippen molar-refractivity contribution >= 4 is 0 Å². The minimum atomic E-state index is -0.734. The van der Waals surface area contributed by atoms with E-state index in [2.05, 4.69) is 0 Å². The summed E-state index contributed by atoms with van der Waals surface area (Å²) in [7, 11) is 0. The molecule has 0 aliphatic carbocycles. The van der Waals surface area contributed by atoms with Crippen LogP contribution in [0.5, 0.6) is 11.5 Å². The van der Waals surface area contributed by atoms with Gasteiger partial charge in [0.2, 0.25) is 0 Å². The van der Waals surface area contributed by atoms with Gasteiger partial charge in [0.05, 0.1) is 19.5 Å². The molecule has 1 aromatic heterocycles. The molecule has 4 heteroatoms. The van der Waals surface area contributed by atoms with Gasteiger partial charge >= 0.3 is 0 Å². The first-order valence-corrected chi connectivity index (χ1v) is 6.78. The monoisotopic (exact) mass is 276 g/mol. The number of aliphatic hydroxyl groups excluding tert-OH is 1. The molecular formula is C16H20O4. The molecule has 108 valence electrons. The minimum Gasteiger partial charge on any atom is -0.490 e. The minimum absolute atomic E-state index is 0.546. The smallest absolute Gasteiger partial charge is 0.161 e. The Bertz CT molecular complexity index is 559. The number of benzene rings is 1. The number of furan rings is 1. The highest BCUT2D eigenvalue weighted by molar-refractivity contribution is 5.45. The van der Waals surface area contributed by atoms with Gasteiger partial charge in [0.25, 0.3) is 0 Å². The van der Waals surface area contributed by atoms with Crippen molar-refractivity contribution in [2.75, 3.05) is 13.2 Å². The average molecular weight is 276 g/mol. The average Bonchev–Trinajstić information content (AvgIpc) is 2.87. The van der Waals surface area contributed by atoms with Crippen molar-refractivity contribution in [1.82, 2.24) is 0 Å². The standard InChI is InChI=1S/C16H20O4/c1-4-18-14-7-6-12(9-15(14)19-5-2)16(17)13-8-11(3)20-10-13/h6-10,16-17H,4-5H2,1-3H3. The maximum Gasteiger partial charge on any atom is 0.161 e.